The zero-order valence-electron chi connectivity index (χ0n) is 20.2. The van der Waals surface area contributed by atoms with Crippen LogP contribution in [0.4, 0.5) is 5.82 Å². The number of rotatable bonds is 8. The minimum Gasteiger partial charge on any atom is -0.457 e. The third kappa shape index (κ3) is 5.68. The first-order chi connectivity index (χ1) is 18.0. The molecule has 5 rings (SSSR count). The molecule has 2 aliphatic rings. The summed E-state index contributed by atoms with van der Waals surface area (Å²) >= 11 is 0. The van der Waals surface area contributed by atoms with Gasteiger partial charge >= 0.3 is 0 Å². The minimum absolute atomic E-state index is 0.0513. The zero-order valence-corrected chi connectivity index (χ0v) is 20.2. The molecule has 0 saturated carbocycles. The average molecular weight is 498 g/mol. The number of carbonyl (C=O) groups is 2. The topological polar surface area (TPSA) is 146 Å². The van der Waals surface area contributed by atoms with Crippen LogP contribution in [0.2, 0.25) is 0 Å². The summed E-state index contributed by atoms with van der Waals surface area (Å²) in [6.45, 7) is 3.39. The third-order valence-electron chi connectivity index (χ3n) is 6.47. The fourth-order valence-electron chi connectivity index (χ4n) is 4.54. The Bertz CT molecular complexity index is 1360. The molecule has 10 nitrogen and oxygen atoms in total. The summed E-state index contributed by atoms with van der Waals surface area (Å²) in [5.41, 5.74) is 7.77. The van der Waals surface area contributed by atoms with Crippen molar-refractivity contribution in [2.24, 2.45) is 5.73 Å². The first kappa shape index (κ1) is 24.2. The van der Waals surface area contributed by atoms with E-state index in [0.717, 1.165) is 25.2 Å². The van der Waals surface area contributed by atoms with Crippen LogP contribution in [-0.2, 0) is 11.3 Å². The number of nitriles is 1. The van der Waals surface area contributed by atoms with Crippen LogP contribution in [0.3, 0.4) is 0 Å². The summed E-state index contributed by atoms with van der Waals surface area (Å²) < 4.78 is 6.19. The van der Waals surface area contributed by atoms with Crippen molar-refractivity contribution >= 4 is 17.6 Å². The normalized spacial score (nSPS) is 17.3. The second kappa shape index (κ2) is 10.6. The number of benzene rings is 2. The standard InChI is InChI=1S/C27H27N7O3/c28-15-17-3-8-23(19(13-17)16-34-11-1-2-12-34)37-20-6-4-18(5-7-20)26-32-22(25(29)35)14-24(33-26)31-21-9-10-30-27(21)36/h3-8,13-14,21H,1-2,9-12,16H2,(H2,29,35)(H,30,36)(H,31,32,33). The lowest BCUT2D eigenvalue weighted by atomic mass is 10.1. The number of nitrogens with zero attached hydrogens (tertiary/aromatic N) is 4. The van der Waals surface area contributed by atoms with Crippen LogP contribution in [-0.4, -0.2) is 52.4 Å². The molecule has 37 heavy (non-hydrogen) atoms. The van der Waals surface area contributed by atoms with Crippen LogP contribution in [0.5, 0.6) is 11.5 Å². The number of aromatic nitrogens is 2. The highest BCUT2D eigenvalue weighted by atomic mass is 16.5. The van der Waals surface area contributed by atoms with Gasteiger partial charge in [0.25, 0.3) is 5.91 Å². The summed E-state index contributed by atoms with van der Waals surface area (Å²) in [7, 11) is 0. The molecule has 2 amide bonds. The monoisotopic (exact) mass is 497 g/mol. The van der Waals surface area contributed by atoms with Gasteiger partial charge in [0.15, 0.2) is 5.82 Å². The highest BCUT2D eigenvalue weighted by molar-refractivity contribution is 5.92. The van der Waals surface area contributed by atoms with Crippen molar-refractivity contribution in [2.75, 3.05) is 25.0 Å². The van der Waals surface area contributed by atoms with Crippen LogP contribution in [0.1, 0.15) is 40.9 Å². The van der Waals surface area contributed by atoms with E-state index in [-0.39, 0.29) is 11.6 Å². The largest absolute Gasteiger partial charge is 0.457 e. The van der Waals surface area contributed by atoms with E-state index in [2.05, 4.69) is 31.6 Å². The number of hydrogen-bond acceptors (Lipinski definition) is 8. The molecule has 1 atom stereocenters. The van der Waals surface area contributed by atoms with Gasteiger partial charge in [0, 0.05) is 30.3 Å². The summed E-state index contributed by atoms with van der Waals surface area (Å²) in [6, 6.07) is 15.9. The number of likely N-dealkylation sites (tertiary alicyclic amines) is 1. The van der Waals surface area contributed by atoms with E-state index in [1.54, 1.807) is 30.3 Å². The van der Waals surface area contributed by atoms with Crippen molar-refractivity contribution in [1.82, 2.24) is 20.2 Å². The maximum Gasteiger partial charge on any atom is 0.267 e. The van der Waals surface area contributed by atoms with Gasteiger partial charge in [0.05, 0.1) is 11.6 Å². The number of nitrogens with one attached hydrogen (secondary N) is 2. The Labute approximate surface area is 214 Å². The average Bonchev–Trinajstić information content (AvgIpc) is 3.57. The summed E-state index contributed by atoms with van der Waals surface area (Å²) in [6.07, 6.45) is 2.98. The van der Waals surface area contributed by atoms with Crippen LogP contribution in [0.15, 0.2) is 48.5 Å². The van der Waals surface area contributed by atoms with Gasteiger partial charge < -0.3 is 21.1 Å². The highest BCUT2D eigenvalue weighted by Gasteiger charge is 2.25. The van der Waals surface area contributed by atoms with Crippen molar-refractivity contribution in [3.63, 3.8) is 0 Å². The SMILES string of the molecule is N#Cc1ccc(Oc2ccc(-c3nc(NC4CCNC4=O)cc(C(N)=O)n3)cc2)c(CN2CCCC2)c1. The summed E-state index contributed by atoms with van der Waals surface area (Å²) in [5, 5.41) is 15.2. The second-order valence-corrected chi connectivity index (χ2v) is 9.15. The molecule has 2 fully saturated rings. The fraction of sp³-hybridized carbons (Fsp3) is 0.296. The van der Waals surface area contributed by atoms with Gasteiger partial charge in [0.2, 0.25) is 5.91 Å². The molecule has 1 unspecified atom stereocenters. The van der Waals surface area contributed by atoms with E-state index < -0.39 is 11.9 Å². The molecule has 4 N–H and O–H groups in total. The quantitative estimate of drug-likeness (QED) is 0.431. The van der Waals surface area contributed by atoms with E-state index >= 15 is 0 Å². The Morgan fingerprint density at radius 1 is 1.16 bits per heavy atom. The summed E-state index contributed by atoms with van der Waals surface area (Å²) in [4.78, 5) is 35.0. The van der Waals surface area contributed by atoms with E-state index in [1.165, 1.54) is 18.9 Å². The van der Waals surface area contributed by atoms with Gasteiger partial charge in [-0.1, -0.05) is 0 Å². The van der Waals surface area contributed by atoms with Crippen molar-refractivity contribution in [3.05, 3.63) is 65.4 Å². The predicted molar refractivity (Wildman–Crippen MR) is 137 cm³/mol. The number of ether oxygens (including phenoxy) is 1. The number of hydrogen-bond donors (Lipinski definition) is 3. The number of amides is 2. The molecule has 0 spiro atoms. The molecular formula is C27H27N7O3. The molecule has 0 radical (unpaired) electrons. The number of primary amides is 1. The molecular weight excluding hydrogens is 470 g/mol. The van der Waals surface area contributed by atoms with Crippen LogP contribution < -0.4 is 21.1 Å². The van der Waals surface area contributed by atoms with Gasteiger partial charge in [-0.15, -0.1) is 0 Å². The third-order valence-corrected chi connectivity index (χ3v) is 6.47. The van der Waals surface area contributed by atoms with Crippen molar-refractivity contribution in [3.8, 4) is 29.0 Å². The lowest BCUT2D eigenvalue weighted by molar-refractivity contribution is -0.119. The molecule has 10 heteroatoms. The maximum absolute atomic E-state index is 12.0. The van der Waals surface area contributed by atoms with Gasteiger partial charge in [0.1, 0.15) is 29.1 Å². The number of carbonyl (C=O) groups excluding carboxylic acids is 2. The Morgan fingerprint density at radius 3 is 2.62 bits per heavy atom. The van der Waals surface area contributed by atoms with Gasteiger partial charge in [-0.3, -0.25) is 14.5 Å². The van der Waals surface area contributed by atoms with Crippen LogP contribution >= 0.6 is 0 Å². The Hall–Kier alpha value is -4.49. The summed E-state index contributed by atoms with van der Waals surface area (Å²) in [5.74, 6) is 1.17. The minimum atomic E-state index is -0.686. The lowest BCUT2D eigenvalue weighted by Crippen LogP contribution is -2.30. The predicted octanol–water partition coefficient (Wildman–Crippen LogP) is 2.80. The van der Waals surface area contributed by atoms with Crippen molar-refractivity contribution < 1.29 is 14.3 Å². The second-order valence-electron chi connectivity index (χ2n) is 9.15. The van der Waals surface area contributed by atoms with Crippen molar-refractivity contribution in [2.45, 2.75) is 31.8 Å². The van der Waals surface area contributed by atoms with E-state index in [0.29, 0.717) is 47.2 Å². The zero-order chi connectivity index (χ0) is 25.8. The van der Waals surface area contributed by atoms with E-state index in [9.17, 15) is 14.9 Å². The number of anilines is 1. The smallest absolute Gasteiger partial charge is 0.267 e. The first-order valence-electron chi connectivity index (χ1n) is 12.3. The molecule has 3 heterocycles. The van der Waals surface area contributed by atoms with E-state index in [4.69, 9.17) is 10.5 Å². The highest BCUT2D eigenvalue weighted by Crippen LogP contribution is 2.30. The molecule has 0 aliphatic carbocycles. The van der Waals surface area contributed by atoms with Crippen LogP contribution in [0.25, 0.3) is 11.4 Å². The fourth-order valence-corrected chi connectivity index (χ4v) is 4.54. The Balaban J connectivity index is 1.37. The Kier molecular flexibility index (Phi) is 6.96. The number of nitrogens with two attached hydrogens (primary N) is 1. The molecule has 1 aromatic heterocycles. The Morgan fingerprint density at radius 2 is 1.95 bits per heavy atom. The van der Waals surface area contributed by atoms with Gasteiger partial charge in [-0.25, -0.2) is 9.97 Å². The molecule has 188 valence electrons. The molecule has 2 aliphatic heterocycles. The van der Waals surface area contributed by atoms with Gasteiger partial charge in [-0.05, 0) is 74.8 Å². The van der Waals surface area contributed by atoms with Crippen molar-refractivity contribution in [1.29, 1.82) is 5.26 Å². The molecule has 0 bridgehead atoms. The lowest BCUT2D eigenvalue weighted by Gasteiger charge is -2.18. The molecule has 2 saturated heterocycles. The first-order valence-corrected chi connectivity index (χ1v) is 12.3. The van der Waals surface area contributed by atoms with E-state index in [1.807, 2.05) is 12.1 Å². The molecule has 2 aromatic carbocycles. The van der Waals surface area contributed by atoms with Crippen LogP contribution in [0, 0.1) is 11.3 Å². The maximum atomic E-state index is 12.0. The van der Waals surface area contributed by atoms with Gasteiger partial charge in [-0.2, -0.15) is 5.26 Å². The molecule has 3 aromatic rings.